The Balaban J connectivity index is 1.62. The molecule has 2 heterocycles. The fraction of sp³-hybridized carbons (Fsp3) is 0.524. The summed E-state index contributed by atoms with van der Waals surface area (Å²) >= 11 is 6.20. The Morgan fingerprint density at radius 3 is 2.63 bits per heavy atom. The molecule has 6 heteroatoms. The summed E-state index contributed by atoms with van der Waals surface area (Å²) in [5, 5.41) is 3.89. The SMILES string of the molecule is C=CC(=O)N1CCC(C(=O)NCC2(c3cccc(Cl)c3)CCOCC2)CC1. The Hall–Kier alpha value is -1.85. The minimum atomic E-state index is -0.141. The molecule has 0 bridgehead atoms. The van der Waals surface area contributed by atoms with Gasteiger partial charge in [-0.1, -0.05) is 30.3 Å². The third-order valence-corrected chi connectivity index (χ3v) is 6.08. The van der Waals surface area contributed by atoms with Crippen LogP contribution in [0.1, 0.15) is 31.2 Å². The van der Waals surface area contributed by atoms with Crippen molar-refractivity contribution in [1.82, 2.24) is 10.2 Å². The predicted octanol–water partition coefficient (Wildman–Crippen LogP) is 2.93. The van der Waals surface area contributed by atoms with E-state index in [1.54, 1.807) is 4.90 Å². The van der Waals surface area contributed by atoms with E-state index in [-0.39, 0.29) is 23.1 Å². The molecule has 1 aromatic carbocycles. The van der Waals surface area contributed by atoms with E-state index in [9.17, 15) is 9.59 Å². The van der Waals surface area contributed by atoms with E-state index in [1.807, 2.05) is 18.2 Å². The second-order valence-electron chi connectivity index (χ2n) is 7.42. The molecule has 2 aliphatic rings. The normalized spacial score (nSPS) is 20.1. The number of halogens is 1. The van der Waals surface area contributed by atoms with Crippen molar-refractivity contribution in [3.05, 3.63) is 47.5 Å². The van der Waals surface area contributed by atoms with Gasteiger partial charge >= 0.3 is 0 Å². The summed E-state index contributed by atoms with van der Waals surface area (Å²) in [6.07, 6.45) is 4.44. The van der Waals surface area contributed by atoms with Crippen LogP contribution in [0.2, 0.25) is 5.02 Å². The number of nitrogens with one attached hydrogen (secondary N) is 1. The van der Waals surface area contributed by atoms with Gasteiger partial charge in [0.2, 0.25) is 11.8 Å². The lowest BCUT2D eigenvalue weighted by Crippen LogP contribution is -2.48. The first-order chi connectivity index (χ1) is 13.0. The van der Waals surface area contributed by atoms with Crippen molar-refractivity contribution in [1.29, 1.82) is 0 Å². The predicted molar refractivity (Wildman–Crippen MR) is 106 cm³/mol. The standard InChI is InChI=1S/C21H27ClN2O3/c1-2-19(25)24-10-6-16(7-11-24)20(26)23-15-21(8-12-27-13-9-21)17-4-3-5-18(22)14-17/h2-5,14,16H,1,6-13,15H2,(H,23,26). The zero-order valence-corrected chi connectivity index (χ0v) is 16.3. The van der Waals surface area contributed by atoms with Gasteiger partial charge in [0, 0.05) is 49.2 Å². The highest BCUT2D eigenvalue weighted by Gasteiger charge is 2.36. The van der Waals surface area contributed by atoms with Crippen LogP contribution in [0, 0.1) is 5.92 Å². The molecule has 5 nitrogen and oxygen atoms in total. The molecule has 146 valence electrons. The van der Waals surface area contributed by atoms with Crippen molar-refractivity contribution >= 4 is 23.4 Å². The second kappa shape index (κ2) is 8.89. The third-order valence-electron chi connectivity index (χ3n) is 5.84. The molecule has 1 N–H and O–H groups in total. The topological polar surface area (TPSA) is 58.6 Å². The van der Waals surface area contributed by atoms with Crippen molar-refractivity contribution in [2.24, 2.45) is 5.92 Å². The van der Waals surface area contributed by atoms with Gasteiger partial charge in [-0.05, 0) is 49.5 Å². The molecule has 27 heavy (non-hydrogen) atoms. The van der Waals surface area contributed by atoms with Crippen LogP contribution in [0.15, 0.2) is 36.9 Å². The van der Waals surface area contributed by atoms with Crippen LogP contribution in [0.25, 0.3) is 0 Å². The average molecular weight is 391 g/mol. The van der Waals surface area contributed by atoms with Crippen molar-refractivity contribution in [2.45, 2.75) is 31.1 Å². The summed E-state index contributed by atoms with van der Waals surface area (Å²) in [4.78, 5) is 26.2. The summed E-state index contributed by atoms with van der Waals surface area (Å²) in [5.74, 6) is -0.0281. The lowest BCUT2D eigenvalue weighted by Gasteiger charge is -2.39. The molecule has 2 amide bonds. The number of rotatable bonds is 5. The molecule has 1 aromatic rings. The minimum absolute atomic E-state index is 0.0462. The molecule has 2 saturated heterocycles. The van der Waals surface area contributed by atoms with E-state index in [1.165, 1.54) is 6.08 Å². The molecular weight excluding hydrogens is 364 g/mol. The van der Waals surface area contributed by atoms with E-state index in [2.05, 4.69) is 18.0 Å². The summed E-state index contributed by atoms with van der Waals surface area (Å²) in [7, 11) is 0. The quantitative estimate of drug-likeness (QED) is 0.786. The number of benzene rings is 1. The Bertz CT molecular complexity index is 692. The zero-order chi connectivity index (χ0) is 19.3. The van der Waals surface area contributed by atoms with Crippen LogP contribution < -0.4 is 5.32 Å². The number of carbonyl (C=O) groups is 2. The number of piperidine rings is 1. The monoisotopic (exact) mass is 390 g/mol. The van der Waals surface area contributed by atoms with Crippen LogP contribution in [0.4, 0.5) is 0 Å². The van der Waals surface area contributed by atoms with Gasteiger partial charge in [0.15, 0.2) is 0 Å². The Kier molecular flexibility index (Phi) is 6.55. The fourth-order valence-electron chi connectivity index (χ4n) is 4.04. The molecule has 0 radical (unpaired) electrons. The zero-order valence-electron chi connectivity index (χ0n) is 15.6. The maximum atomic E-state index is 12.7. The maximum absolute atomic E-state index is 12.7. The highest BCUT2D eigenvalue weighted by Crippen LogP contribution is 2.35. The van der Waals surface area contributed by atoms with E-state index in [4.69, 9.17) is 16.3 Å². The molecular formula is C21H27ClN2O3. The van der Waals surface area contributed by atoms with Crippen molar-refractivity contribution in [2.75, 3.05) is 32.8 Å². The van der Waals surface area contributed by atoms with E-state index < -0.39 is 0 Å². The van der Waals surface area contributed by atoms with Crippen LogP contribution in [0.5, 0.6) is 0 Å². The summed E-state index contributed by atoms with van der Waals surface area (Å²) in [6, 6.07) is 7.92. The molecule has 3 rings (SSSR count). The van der Waals surface area contributed by atoms with Crippen molar-refractivity contribution < 1.29 is 14.3 Å². The first-order valence-corrected chi connectivity index (χ1v) is 9.95. The number of amides is 2. The van der Waals surface area contributed by atoms with Crippen LogP contribution in [-0.2, 0) is 19.7 Å². The molecule has 0 saturated carbocycles. The van der Waals surface area contributed by atoms with Gasteiger partial charge in [0.05, 0.1) is 0 Å². The van der Waals surface area contributed by atoms with Gasteiger partial charge in [-0.2, -0.15) is 0 Å². The maximum Gasteiger partial charge on any atom is 0.245 e. The largest absolute Gasteiger partial charge is 0.381 e. The Morgan fingerprint density at radius 2 is 2.00 bits per heavy atom. The smallest absolute Gasteiger partial charge is 0.245 e. The van der Waals surface area contributed by atoms with Crippen LogP contribution in [-0.4, -0.2) is 49.6 Å². The second-order valence-corrected chi connectivity index (χ2v) is 7.86. The lowest BCUT2D eigenvalue weighted by molar-refractivity contribution is -0.132. The van der Waals surface area contributed by atoms with Crippen molar-refractivity contribution in [3.63, 3.8) is 0 Å². The van der Waals surface area contributed by atoms with Crippen molar-refractivity contribution in [3.8, 4) is 0 Å². The summed E-state index contributed by atoms with van der Waals surface area (Å²) < 4.78 is 5.55. The molecule has 0 aromatic heterocycles. The van der Waals surface area contributed by atoms with Gasteiger partial charge < -0.3 is 15.0 Å². The van der Waals surface area contributed by atoms with Gasteiger partial charge in [-0.25, -0.2) is 0 Å². The number of hydrogen-bond acceptors (Lipinski definition) is 3. The van der Waals surface area contributed by atoms with E-state index >= 15 is 0 Å². The molecule has 0 spiro atoms. The number of nitrogens with zero attached hydrogens (tertiary/aromatic N) is 1. The number of ether oxygens (including phenoxy) is 1. The third kappa shape index (κ3) is 4.71. The molecule has 2 fully saturated rings. The van der Waals surface area contributed by atoms with Crippen LogP contribution >= 0.6 is 11.6 Å². The molecule has 2 aliphatic heterocycles. The molecule has 0 aliphatic carbocycles. The van der Waals surface area contributed by atoms with Gasteiger partial charge in [0.1, 0.15) is 0 Å². The first kappa shape index (κ1) is 19.9. The number of likely N-dealkylation sites (tertiary alicyclic amines) is 1. The fourth-order valence-corrected chi connectivity index (χ4v) is 4.23. The van der Waals surface area contributed by atoms with E-state index in [0.29, 0.717) is 50.7 Å². The van der Waals surface area contributed by atoms with Crippen LogP contribution in [0.3, 0.4) is 0 Å². The first-order valence-electron chi connectivity index (χ1n) is 9.57. The average Bonchev–Trinajstić information content (AvgIpc) is 2.72. The summed E-state index contributed by atoms with van der Waals surface area (Å²) in [5.41, 5.74) is 1.02. The molecule has 0 atom stereocenters. The summed E-state index contributed by atoms with van der Waals surface area (Å²) in [6.45, 7) is 6.69. The Labute approximate surface area is 165 Å². The highest BCUT2D eigenvalue weighted by molar-refractivity contribution is 6.30. The van der Waals surface area contributed by atoms with Gasteiger partial charge in [0.25, 0.3) is 0 Å². The van der Waals surface area contributed by atoms with Gasteiger partial charge in [-0.15, -0.1) is 0 Å². The minimum Gasteiger partial charge on any atom is -0.381 e. The number of carbonyl (C=O) groups excluding carboxylic acids is 2. The Morgan fingerprint density at radius 1 is 1.30 bits per heavy atom. The van der Waals surface area contributed by atoms with E-state index in [0.717, 1.165) is 18.4 Å². The lowest BCUT2D eigenvalue weighted by atomic mass is 9.74. The highest BCUT2D eigenvalue weighted by atomic mass is 35.5. The molecule has 0 unspecified atom stereocenters. The van der Waals surface area contributed by atoms with Gasteiger partial charge in [-0.3, -0.25) is 9.59 Å². The number of hydrogen-bond donors (Lipinski definition) is 1.